The molecule has 5 nitrogen and oxygen atoms in total. The summed E-state index contributed by atoms with van der Waals surface area (Å²) in [6.45, 7) is 5.29. The molecule has 1 aromatic carbocycles. The Labute approximate surface area is 111 Å². The molecule has 1 rings (SSSR count). The molecule has 5 heteroatoms. The summed E-state index contributed by atoms with van der Waals surface area (Å²) in [7, 11) is 0. The number of aliphatic hydroxyl groups is 1. The van der Waals surface area contributed by atoms with Crippen LogP contribution in [0.4, 0.5) is 0 Å². The van der Waals surface area contributed by atoms with Crippen LogP contribution in [0.1, 0.15) is 25.0 Å². The van der Waals surface area contributed by atoms with E-state index in [0.29, 0.717) is 11.1 Å². The highest BCUT2D eigenvalue weighted by atomic mass is 16.4. The van der Waals surface area contributed by atoms with E-state index in [-0.39, 0.29) is 6.42 Å². The SMILES string of the molecule is C=C(C)C[C@@H](NC(=O)[C@@H](O)c1ccccc1)C(=O)O. The zero-order valence-corrected chi connectivity index (χ0v) is 10.7. The second-order valence-electron chi connectivity index (χ2n) is 4.37. The Morgan fingerprint density at radius 2 is 1.89 bits per heavy atom. The number of aliphatic hydroxyl groups excluding tert-OH is 1. The molecular weight excluding hydrogens is 246 g/mol. The van der Waals surface area contributed by atoms with Crippen LogP contribution < -0.4 is 5.32 Å². The van der Waals surface area contributed by atoms with Gasteiger partial charge < -0.3 is 15.5 Å². The van der Waals surface area contributed by atoms with Gasteiger partial charge in [-0.15, -0.1) is 6.58 Å². The summed E-state index contributed by atoms with van der Waals surface area (Å²) >= 11 is 0. The molecule has 0 aliphatic rings. The number of carbonyl (C=O) groups excluding carboxylic acids is 1. The van der Waals surface area contributed by atoms with Crippen LogP contribution in [0.5, 0.6) is 0 Å². The largest absolute Gasteiger partial charge is 0.480 e. The van der Waals surface area contributed by atoms with Gasteiger partial charge in [0.05, 0.1) is 0 Å². The Hall–Kier alpha value is -2.14. The first-order valence-corrected chi connectivity index (χ1v) is 5.82. The van der Waals surface area contributed by atoms with Gasteiger partial charge in [-0.1, -0.05) is 35.9 Å². The van der Waals surface area contributed by atoms with Gasteiger partial charge in [0.1, 0.15) is 6.04 Å². The van der Waals surface area contributed by atoms with E-state index in [0.717, 1.165) is 0 Å². The summed E-state index contributed by atoms with van der Waals surface area (Å²) < 4.78 is 0. The monoisotopic (exact) mass is 263 g/mol. The van der Waals surface area contributed by atoms with Crippen LogP contribution in [0.15, 0.2) is 42.5 Å². The molecule has 1 aromatic rings. The lowest BCUT2D eigenvalue weighted by atomic mass is 10.1. The number of hydrogen-bond donors (Lipinski definition) is 3. The van der Waals surface area contributed by atoms with E-state index in [1.54, 1.807) is 37.3 Å². The predicted molar refractivity (Wildman–Crippen MR) is 70.4 cm³/mol. The van der Waals surface area contributed by atoms with E-state index in [2.05, 4.69) is 11.9 Å². The number of benzene rings is 1. The van der Waals surface area contributed by atoms with Crippen LogP contribution in [0.25, 0.3) is 0 Å². The summed E-state index contributed by atoms with van der Waals surface area (Å²) in [5.74, 6) is -1.89. The predicted octanol–water partition coefficient (Wildman–Crippen LogP) is 1.26. The quantitative estimate of drug-likeness (QED) is 0.674. The van der Waals surface area contributed by atoms with E-state index in [9.17, 15) is 14.7 Å². The second-order valence-corrected chi connectivity index (χ2v) is 4.37. The number of hydrogen-bond acceptors (Lipinski definition) is 3. The van der Waals surface area contributed by atoms with Crippen molar-refractivity contribution in [1.82, 2.24) is 5.32 Å². The van der Waals surface area contributed by atoms with Gasteiger partial charge in [0.15, 0.2) is 6.10 Å². The highest BCUT2D eigenvalue weighted by molar-refractivity contribution is 5.87. The summed E-state index contributed by atoms with van der Waals surface area (Å²) in [5, 5.41) is 21.1. The van der Waals surface area contributed by atoms with Crippen molar-refractivity contribution < 1.29 is 19.8 Å². The molecule has 0 spiro atoms. The lowest BCUT2D eigenvalue weighted by molar-refractivity contribution is -0.143. The van der Waals surface area contributed by atoms with Crippen molar-refractivity contribution in [2.45, 2.75) is 25.5 Å². The molecule has 0 saturated carbocycles. The molecule has 0 aliphatic carbocycles. The zero-order chi connectivity index (χ0) is 14.4. The topological polar surface area (TPSA) is 86.6 Å². The van der Waals surface area contributed by atoms with Crippen molar-refractivity contribution in [3.63, 3.8) is 0 Å². The third kappa shape index (κ3) is 4.56. The lowest BCUT2D eigenvalue weighted by Gasteiger charge is -2.17. The van der Waals surface area contributed by atoms with Gasteiger partial charge in [-0.3, -0.25) is 4.79 Å². The highest BCUT2D eigenvalue weighted by Gasteiger charge is 2.24. The number of rotatable bonds is 6. The Morgan fingerprint density at radius 3 is 2.37 bits per heavy atom. The molecule has 0 radical (unpaired) electrons. The summed E-state index contributed by atoms with van der Waals surface area (Å²) in [4.78, 5) is 22.8. The fraction of sp³-hybridized carbons (Fsp3) is 0.286. The highest BCUT2D eigenvalue weighted by Crippen LogP contribution is 2.13. The van der Waals surface area contributed by atoms with Crippen LogP contribution in [0.2, 0.25) is 0 Å². The van der Waals surface area contributed by atoms with Crippen LogP contribution in [0.3, 0.4) is 0 Å². The first-order valence-electron chi connectivity index (χ1n) is 5.82. The number of amides is 1. The molecule has 0 unspecified atom stereocenters. The number of carboxylic acid groups (broad SMARTS) is 1. The first-order chi connectivity index (χ1) is 8.91. The van der Waals surface area contributed by atoms with Gasteiger partial charge in [-0.2, -0.15) is 0 Å². The van der Waals surface area contributed by atoms with Gasteiger partial charge in [0, 0.05) is 0 Å². The normalized spacial score (nSPS) is 13.4. The average molecular weight is 263 g/mol. The molecule has 0 aliphatic heterocycles. The van der Waals surface area contributed by atoms with Crippen molar-refractivity contribution >= 4 is 11.9 Å². The van der Waals surface area contributed by atoms with Gasteiger partial charge >= 0.3 is 5.97 Å². The smallest absolute Gasteiger partial charge is 0.326 e. The van der Waals surface area contributed by atoms with Crippen LogP contribution in [0, 0.1) is 0 Å². The Balaban J connectivity index is 2.72. The molecule has 2 atom stereocenters. The molecular formula is C14H17NO4. The second kappa shape index (κ2) is 6.70. The maximum absolute atomic E-state index is 11.8. The van der Waals surface area contributed by atoms with Gasteiger partial charge in [-0.05, 0) is 18.9 Å². The third-order valence-corrected chi connectivity index (χ3v) is 2.53. The van der Waals surface area contributed by atoms with Crippen LogP contribution in [-0.4, -0.2) is 28.1 Å². The van der Waals surface area contributed by atoms with Crippen molar-refractivity contribution in [2.75, 3.05) is 0 Å². The van der Waals surface area contributed by atoms with Crippen molar-refractivity contribution in [1.29, 1.82) is 0 Å². The number of aliphatic carboxylic acids is 1. The minimum atomic E-state index is -1.38. The number of carboxylic acids is 1. The van der Waals surface area contributed by atoms with E-state index in [1.807, 2.05) is 0 Å². The van der Waals surface area contributed by atoms with Crippen LogP contribution in [-0.2, 0) is 9.59 Å². The maximum atomic E-state index is 11.8. The van der Waals surface area contributed by atoms with E-state index < -0.39 is 24.0 Å². The molecule has 1 amide bonds. The Kier molecular flexibility index (Phi) is 5.26. The van der Waals surface area contributed by atoms with Gasteiger partial charge in [0.25, 0.3) is 5.91 Å². The molecule has 0 bridgehead atoms. The fourth-order valence-corrected chi connectivity index (χ4v) is 1.59. The molecule has 3 N–H and O–H groups in total. The molecule has 0 saturated heterocycles. The van der Waals surface area contributed by atoms with Crippen molar-refractivity contribution in [2.24, 2.45) is 0 Å². The fourth-order valence-electron chi connectivity index (χ4n) is 1.59. The average Bonchev–Trinajstić information content (AvgIpc) is 2.37. The Bertz CT molecular complexity index is 470. The lowest BCUT2D eigenvalue weighted by Crippen LogP contribution is -2.43. The summed E-state index contributed by atoms with van der Waals surface area (Å²) in [6.07, 6.45) is -1.25. The summed E-state index contributed by atoms with van der Waals surface area (Å²) in [5.41, 5.74) is 1.06. The minimum Gasteiger partial charge on any atom is -0.480 e. The van der Waals surface area contributed by atoms with E-state index >= 15 is 0 Å². The van der Waals surface area contributed by atoms with Gasteiger partial charge in [0.2, 0.25) is 0 Å². The van der Waals surface area contributed by atoms with E-state index in [1.165, 1.54) is 0 Å². The number of nitrogens with one attached hydrogen (secondary N) is 1. The molecule has 0 fully saturated rings. The molecule has 0 heterocycles. The minimum absolute atomic E-state index is 0.128. The first kappa shape index (κ1) is 14.9. The number of carbonyl (C=O) groups is 2. The molecule has 102 valence electrons. The van der Waals surface area contributed by atoms with Crippen LogP contribution >= 0.6 is 0 Å². The maximum Gasteiger partial charge on any atom is 0.326 e. The standard InChI is InChI=1S/C14H17NO4/c1-9(2)8-11(14(18)19)15-13(17)12(16)10-6-4-3-5-7-10/h3-7,11-12,16H,1,8H2,2H3,(H,15,17)(H,18,19)/t11-,12+/m1/s1. The summed E-state index contributed by atoms with van der Waals surface area (Å²) in [6, 6.07) is 7.25. The molecule has 0 aromatic heterocycles. The van der Waals surface area contributed by atoms with E-state index in [4.69, 9.17) is 5.11 Å². The van der Waals surface area contributed by atoms with Crippen molar-refractivity contribution in [3.05, 3.63) is 48.0 Å². The Morgan fingerprint density at radius 1 is 1.32 bits per heavy atom. The zero-order valence-electron chi connectivity index (χ0n) is 10.7. The van der Waals surface area contributed by atoms with Gasteiger partial charge in [-0.25, -0.2) is 4.79 Å². The van der Waals surface area contributed by atoms with Crippen molar-refractivity contribution in [3.8, 4) is 0 Å². The molecule has 19 heavy (non-hydrogen) atoms. The third-order valence-electron chi connectivity index (χ3n) is 2.53.